The van der Waals surface area contributed by atoms with Crippen LogP contribution < -0.4 is 5.32 Å². The molecule has 0 aliphatic carbocycles. The molecule has 2 saturated heterocycles. The van der Waals surface area contributed by atoms with Crippen LogP contribution in [0.2, 0.25) is 0 Å². The molecule has 2 unspecified atom stereocenters. The Morgan fingerprint density at radius 3 is 3.18 bits per heavy atom. The van der Waals surface area contributed by atoms with Crippen molar-refractivity contribution in [1.82, 2.24) is 10.2 Å². The van der Waals surface area contributed by atoms with Crippen molar-refractivity contribution < 1.29 is 0 Å². The second kappa shape index (κ2) is 3.11. The van der Waals surface area contributed by atoms with Crippen LogP contribution in [0.25, 0.3) is 0 Å². The maximum Gasteiger partial charge on any atom is 0.0626 e. The standard InChI is InChI=1S/C9H18N2/c1-2-11-7-5-8-4-3-6-10-9(8)11/h8-10H,2-7H2,1H3. The molecule has 0 aromatic rings. The largest absolute Gasteiger partial charge is 0.301 e. The van der Waals surface area contributed by atoms with E-state index in [4.69, 9.17) is 0 Å². The Bertz CT molecular complexity index is 130. The number of hydrogen-bond acceptors (Lipinski definition) is 2. The summed E-state index contributed by atoms with van der Waals surface area (Å²) in [5.41, 5.74) is 0. The molecule has 1 N–H and O–H groups in total. The molecule has 0 saturated carbocycles. The van der Waals surface area contributed by atoms with Gasteiger partial charge < -0.3 is 5.32 Å². The summed E-state index contributed by atoms with van der Waals surface area (Å²) in [6.45, 7) is 6.03. The molecule has 2 fully saturated rings. The smallest absolute Gasteiger partial charge is 0.0626 e. The van der Waals surface area contributed by atoms with E-state index in [0.29, 0.717) is 0 Å². The van der Waals surface area contributed by atoms with Crippen molar-refractivity contribution in [2.75, 3.05) is 19.6 Å². The second-order valence-corrected chi connectivity index (χ2v) is 3.72. The Morgan fingerprint density at radius 1 is 1.45 bits per heavy atom. The van der Waals surface area contributed by atoms with Gasteiger partial charge in [-0.3, -0.25) is 4.90 Å². The number of rotatable bonds is 1. The summed E-state index contributed by atoms with van der Waals surface area (Å²) in [6.07, 6.45) is 4.99. The highest BCUT2D eigenvalue weighted by Gasteiger charge is 2.34. The maximum absolute atomic E-state index is 3.61. The van der Waals surface area contributed by atoms with Gasteiger partial charge in [0, 0.05) is 0 Å². The molecule has 64 valence electrons. The van der Waals surface area contributed by atoms with E-state index in [1.807, 2.05) is 0 Å². The third-order valence-corrected chi connectivity index (χ3v) is 3.14. The molecule has 2 rings (SSSR count). The van der Waals surface area contributed by atoms with Crippen LogP contribution in [0, 0.1) is 5.92 Å². The Hall–Kier alpha value is -0.0800. The first-order valence-electron chi connectivity index (χ1n) is 4.89. The Kier molecular flexibility index (Phi) is 2.14. The predicted octanol–water partition coefficient (Wildman–Crippen LogP) is 1.04. The Balaban J connectivity index is 1.98. The van der Waals surface area contributed by atoms with Crippen LogP contribution in [-0.2, 0) is 0 Å². The first-order valence-corrected chi connectivity index (χ1v) is 4.89. The van der Waals surface area contributed by atoms with Gasteiger partial charge in [0.05, 0.1) is 6.17 Å². The molecule has 0 bridgehead atoms. The van der Waals surface area contributed by atoms with Gasteiger partial charge in [-0.15, -0.1) is 0 Å². The number of piperidine rings is 1. The highest BCUT2D eigenvalue weighted by atomic mass is 15.3. The number of likely N-dealkylation sites (tertiary alicyclic amines) is 1. The normalized spacial score (nSPS) is 39.0. The summed E-state index contributed by atoms with van der Waals surface area (Å²) in [5.74, 6) is 0.962. The molecule has 0 aromatic carbocycles. The number of hydrogen-bond donors (Lipinski definition) is 1. The van der Waals surface area contributed by atoms with Gasteiger partial charge in [0.25, 0.3) is 0 Å². The van der Waals surface area contributed by atoms with Crippen LogP contribution in [0.15, 0.2) is 0 Å². The van der Waals surface area contributed by atoms with Crippen molar-refractivity contribution in [3.05, 3.63) is 0 Å². The average Bonchev–Trinajstić information content (AvgIpc) is 2.47. The molecule has 0 aromatic heterocycles. The van der Waals surface area contributed by atoms with Gasteiger partial charge in [-0.25, -0.2) is 0 Å². The Morgan fingerprint density at radius 2 is 2.36 bits per heavy atom. The van der Waals surface area contributed by atoms with Gasteiger partial charge >= 0.3 is 0 Å². The molecule has 2 heteroatoms. The predicted molar refractivity (Wildman–Crippen MR) is 46.4 cm³/mol. The minimum absolute atomic E-state index is 0.730. The topological polar surface area (TPSA) is 15.3 Å². The first-order chi connectivity index (χ1) is 5.42. The van der Waals surface area contributed by atoms with E-state index in [1.54, 1.807) is 0 Å². The first kappa shape index (κ1) is 7.56. The Labute approximate surface area is 69.0 Å². The fourth-order valence-corrected chi connectivity index (χ4v) is 2.49. The van der Waals surface area contributed by atoms with E-state index in [0.717, 1.165) is 12.1 Å². The zero-order valence-electron chi connectivity index (χ0n) is 7.34. The van der Waals surface area contributed by atoms with Crippen LogP contribution in [-0.4, -0.2) is 30.7 Å². The van der Waals surface area contributed by atoms with Crippen molar-refractivity contribution in [3.63, 3.8) is 0 Å². The lowest BCUT2D eigenvalue weighted by Gasteiger charge is -2.32. The van der Waals surface area contributed by atoms with Crippen LogP contribution in [0.4, 0.5) is 0 Å². The zero-order chi connectivity index (χ0) is 7.68. The van der Waals surface area contributed by atoms with E-state index in [-0.39, 0.29) is 0 Å². The summed E-state index contributed by atoms with van der Waals surface area (Å²) in [4.78, 5) is 2.57. The van der Waals surface area contributed by atoms with E-state index in [1.165, 1.54) is 38.9 Å². The molecule has 2 heterocycles. The maximum atomic E-state index is 3.61. The lowest BCUT2D eigenvalue weighted by Crippen LogP contribution is -2.47. The van der Waals surface area contributed by atoms with Crippen molar-refractivity contribution >= 4 is 0 Å². The monoisotopic (exact) mass is 154 g/mol. The van der Waals surface area contributed by atoms with Gasteiger partial charge in [0.15, 0.2) is 0 Å². The second-order valence-electron chi connectivity index (χ2n) is 3.72. The minimum Gasteiger partial charge on any atom is -0.301 e. The van der Waals surface area contributed by atoms with Gasteiger partial charge in [-0.1, -0.05) is 6.92 Å². The van der Waals surface area contributed by atoms with Gasteiger partial charge in [0.1, 0.15) is 0 Å². The molecule has 0 spiro atoms. The average molecular weight is 154 g/mol. The van der Waals surface area contributed by atoms with E-state index >= 15 is 0 Å². The van der Waals surface area contributed by atoms with Crippen LogP contribution >= 0.6 is 0 Å². The number of nitrogens with one attached hydrogen (secondary N) is 1. The lowest BCUT2D eigenvalue weighted by molar-refractivity contribution is 0.168. The zero-order valence-corrected chi connectivity index (χ0v) is 7.34. The van der Waals surface area contributed by atoms with Crippen LogP contribution in [0.5, 0.6) is 0 Å². The van der Waals surface area contributed by atoms with E-state index < -0.39 is 0 Å². The molecular formula is C9H18N2. The lowest BCUT2D eigenvalue weighted by atomic mass is 9.96. The van der Waals surface area contributed by atoms with Crippen molar-refractivity contribution in [3.8, 4) is 0 Å². The van der Waals surface area contributed by atoms with Crippen molar-refractivity contribution in [2.24, 2.45) is 5.92 Å². The molecule has 2 aliphatic heterocycles. The number of fused-ring (bicyclic) bond motifs is 1. The minimum atomic E-state index is 0.730. The summed E-state index contributed by atoms with van der Waals surface area (Å²) in [6, 6.07) is 0. The third-order valence-electron chi connectivity index (χ3n) is 3.14. The summed E-state index contributed by atoms with van der Waals surface area (Å²) in [7, 11) is 0. The highest BCUT2D eigenvalue weighted by Crippen LogP contribution is 2.28. The molecular weight excluding hydrogens is 136 g/mol. The highest BCUT2D eigenvalue weighted by molar-refractivity contribution is 4.87. The molecule has 0 radical (unpaired) electrons. The van der Waals surface area contributed by atoms with Crippen LogP contribution in [0.3, 0.4) is 0 Å². The SMILES string of the molecule is CCN1CCC2CCCNC21. The van der Waals surface area contributed by atoms with Crippen LogP contribution in [0.1, 0.15) is 26.2 Å². The summed E-state index contributed by atoms with van der Waals surface area (Å²) < 4.78 is 0. The fourth-order valence-electron chi connectivity index (χ4n) is 2.49. The van der Waals surface area contributed by atoms with E-state index in [9.17, 15) is 0 Å². The van der Waals surface area contributed by atoms with Crippen molar-refractivity contribution in [2.45, 2.75) is 32.4 Å². The molecule has 11 heavy (non-hydrogen) atoms. The molecule has 2 atom stereocenters. The quantitative estimate of drug-likeness (QED) is 0.607. The van der Waals surface area contributed by atoms with Crippen molar-refractivity contribution in [1.29, 1.82) is 0 Å². The number of nitrogens with zero attached hydrogens (tertiary/aromatic N) is 1. The fraction of sp³-hybridized carbons (Fsp3) is 1.00. The van der Waals surface area contributed by atoms with Gasteiger partial charge in [-0.2, -0.15) is 0 Å². The molecule has 2 nitrogen and oxygen atoms in total. The molecule has 2 aliphatic rings. The third kappa shape index (κ3) is 1.30. The summed E-state index contributed by atoms with van der Waals surface area (Å²) >= 11 is 0. The van der Waals surface area contributed by atoms with Gasteiger partial charge in [-0.05, 0) is 44.8 Å². The van der Waals surface area contributed by atoms with Gasteiger partial charge in [0.2, 0.25) is 0 Å². The van der Waals surface area contributed by atoms with E-state index in [2.05, 4.69) is 17.1 Å². The summed E-state index contributed by atoms with van der Waals surface area (Å²) in [5, 5.41) is 3.61. The molecule has 0 amide bonds.